The highest BCUT2D eigenvalue weighted by Gasteiger charge is 2.19. The molecule has 0 bridgehead atoms. The van der Waals surface area contributed by atoms with Gasteiger partial charge in [-0.05, 0) is 41.8 Å². The van der Waals surface area contributed by atoms with Crippen LogP contribution >= 0.6 is 0 Å². The van der Waals surface area contributed by atoms with Gasteiger partial charge in [0.25, 0.3) is 5.56 Å². The molecule has 144 valence electrons. The Bertz CT molecular complexity index is 1130. The van der Waals surface area contributed by atoms with Crippen LogP contribution in [0.4, 0.5) is 0 Å². The second-order valence-corrected chi connectivity index (χ2v) is 6.58. The monoisotopic (exact) mass is 384 g/mol. The number of aromatic hydroxyl groups is 1. The lowest BCUT2D eigenvalue weighted by molar-refractivity contribution is 0.445. The summed E-state index contributed by atoms with van der Waals surface area (Å²) in [4.78, 5) is 18.0. The molecule has 0 fully saturated rings. The van der Waals surface area contributed by atoms with Crippen LogP contribution in [0.15, 0.2) is 59.7 Å². The van der Waals surface area contributed by atoms with E-state index in [1.807, 2.05) is 48.5 Å². The topological polar surface area (TPSA) is 116 Å². The van der Waals surface area contributed by atoms with E-state index < -0.39 is 11.3 Å². The Labute approximate surface area is 168 Å². The Balaban J connectivity index is 1.75. The first-order chi connectivity index (χ1) is 14.1. The summed E-state index contributed by atoms with van der Waals surface area (Å²) in [6.07, 6.45) is 1.86. The molecule has 0 spiro atoms. The maximum Gasteiger partial charge on any atom is 0.293 e. The minimum Gasteiger partial charge on any atom is -0.502 e. The molecule has 1 atom stereocenters. The summed E-state index contributed by atoms with van der Waals surface area (Å²) in [5, 5.41) is 19.1. The predicted molar refractivity (Wildman–Crippen MR) is 110 cm³/mol. The van der Waals surface area contributed by atoms with Crippen molar-refractivity contribution in [2.75, 3.05) is 0 Å². The van der Waals surface area contributed by atoms with Gasteiger partial charge in [0, 0.05) is 30.0 Å². The number of hydrogen-bond acceptors (Lipinski definition) is 5. The molecule has 6 nitrogen and oxygen atoms in total. The average molecular weight is 384 g/mol. The number of nitrogens with two attached hydrogens (primary N) is 1. The van der Waals surface area contributed by atoms with E-state index in [-0.39, 0.29) is 18.0 Å². The Kier molecular flexibility index (Phi) is 6.42. The number of rotatable bonds is 5. The molecule has 4 N–H and O–H groups in total. The van der Waals surface area contributed by atoms with E-state index in [1.165, 1.54) is 6.33 Å². The fourth-order valence-electron chi connectivity index (χ4n) is 2.96. The van der Waals surface area contributed by atoms with Gasteiger partial charge < -0.3 is 15.8 Å². The van der Waals surface area contributed by atoms with Crippen LogP contribution in [0.3, 0.4) is 0 Å². The van der Waals surface area contributed by atoms with Crippen LogP contribution in [0.25, 0.3) is 0 Å². The van der Waals surface area contributed by atoms with E-state index in [0.717, 1.165) is 22.3 Å². The van der Waals surface area contributed by atoms with Crippen LogP contribution in [-0.4, -0.2) is 15.1 Å². The van der Waals surface area contributed by atoms with E-state index in [4.69, 9.17) is 11.0 Å². The Morgan fingerprint density at radius 1 is 1.03 bits per heavy atom. The van der Waals surface area contributed by atoms with Crippen molar-refractivity contribution in [2.45, 2.75) is 25.3 Å². The van der Waals surface area contributed by atoms with Gasteiger partial charge in [0.05, 0.1) is 18.1 Å². The number of aromatic amines is 1. The zero-order chi connectivity index (χ0) is 20.6. The molecule has 0 saturated heterocycles. The normalized spacial score (nSPS) is 11.2. The maximum absolute atomic E-state index is 11.6. The summed E-state index contributed by atoms with van der Waals surface area (Å²) in [7, 11) is 0. The number of H-pyrrole nitrogens is 1. The second kappa shape index (κ2) is 9.36. The number of aromatic nitrogens is 2. The number of nitriles is 1. The maximum atomic E-state index is 11.6. The first-order valence-electron chi connectivity index (χ1n) is 9.14. The van der Waals surface area contributed by atoms with Gasteiger partial charge >= 0.3 is 0 Å². The van der Waals surface area contributed by atoms with Crippen LogP contribution in [0.2, 0.25) is 0 Å². The van der Waals surface area contributed by atoms with E-state index in [9.17, 15) is 9.90 Å². The van der Waals surface area contributed by atoms with Gasteiger partial charge in [-0.25, -0.2) is 4.98 Å². The lowest BCUT2D eigenvalue weighted by Crippen LogP contribution is -2.13. The molecular formula is C23H20N4O2. The lowest BCUT2D eigenvalue weighted by Gasteiger charge is -2.14. The van der Waals surface area contributed by atoms with Crippen molar-refractivity contribution in [1.82, 2.24) is 9.97 Å². The summed E-state index contributed by atoms with van der Waals surface area (Å²) < 4.78 is 0. The summed E-state index contributed by atoms with van der Waals surface area (Å²) in [6.45, 7) is 0.507. The highest BCUT2D eigenvalue weighted by molar-refractivity contribution is 5.44. The van der Waals surface area contributed by atoms with E-state index in [1.54, 1.807) is 0 Å². The Morgan fingerprint density at radius 3 is 2.17 bits per heavy atom. The molecule has 2 aromatic carbocycles. The molecule has 0 aliphatic carbocycles. The van der Waals surface area contributed by atoms with Crippen LogP contribution in [0.5, 0.6) is 5.75 Å². The van der Waals surface area contributed by atoms with Crippen molar-refractivity contribution in [1.29, 1.82) is 5.26 Å². The summed E-state index contributed by atoms with van der Waals surface area (Å²) in [6, 6.07) is 17.6. The van der Waals surface area contributed by atoms with E-state index in [2.05, 4.69) is 27.9 Å². The van der Waals surface area contributed by atoms with Crippen molar-refractivity contribution in [3.05, 3.63) is 93.2 Å². The molecule has 3 rings (SSSR count). The predicted octanol–water partition coefficient (Wildman–Crippen LogP) is 2.57. The fraction of sp³-hybridized carbons (Fsp3) is 0.174. The zero-order valence-electron chi connectivity index (χ0n) is 15.7. The van der Waals surface area contributed by atoms with Gasteiger partial charge in [-0.15, -0.1) is 0 Å². The minimum absolute atomic E-state index is 0.143. The first-order valence-corrected chi connectivity index (χ1v) is 9.14. The molecule has 0 radical (unpaired) electrons. The molecule has 0 saturated carbocycles. The van der Waals surface area contributed by atoms with Crippen LogP contribution in [-0.2, 0) is 13.0 Å². The molecule has 3 aromatic rings. The lowest BCUT2D eigenvalue weighted by atomic mass is 9.92. The van der Waals surface area contributed by atoms with Crippen molar-refractivity contribution >= 4 is 0 Å². The molecule has 6 heteroatoms. The van der Waals surface area contributed by atoms with Crippen LogP contribution in [0.1, 0.15) is 40.3 Å². The molecule has 0 amide bonds. The summed E-state index contributed by atoms with van der Waals surface area (Å²) in [5.74, 6) is 5.43. The largest absolute Gasteiger partial charge is 0.502 e. The third-order valence-corrected chi connectivity index (χ3v) is 4.56. The summed E-state index contributed by atoms with van der Waals surface area (Å²) in [5.41, 5.74) is 9.03. The van der Waals surface area contributed by atoms with Gasteiger partial charge in [-0.1, -0.05) is 36.1 Å². The molecule has 0 aliphatic heterocycles. The third-order valence-electron chi connectivity index (χ3n) is 4.56. The fourth-order valence-corrected chi connectivity index (χ4v) is 2.96. The van der Waals surface area contributed by atoms with Crippen LogP contribution in [0, 0.1) is 23.2 Å². The molecule has 29 heavy (non-hydrogen) atoms. The zero-order valence-corrected chi connectivity index (χ0v) is 15.7. The standard InChI is InChI=1S/C23H20N4O2/c24-12-11-20(21-22(28)23(29)27-15-26-21)13-18-7-3-16(4-8-18)1-2-17-5-9-19(14-25)10-6-17/h3-10,15,20,28H,11,13-14,25H2,(H,26,27,29). The van der Waals surface area contributed by atoms with Gasteiger partial charge in [0.1, 0.15) is 0 Å². The number of nitrogens with zero attached hydrogens (tertiary/aromatic N) is 2. The minimum atomic E-state index is -0.608. The van der Waals surface area contributed by atoms with Crippen molar-refractivity contribution in [2.24, 2.45) is 5.73 Å². The van der Waals surface area contributed by atoms with E-state index >= 15 is 0 Å². The molecule has 1 unspecified atom stereocenters. The summed E-state index contributed by atoms with van der Waals surface area (Å²) >= 11 is 0. The third kappa shape index (κ3) is 5.10. The van der Waals surface area contributed by atoms with Crippen LogP contribution < -0.4 is 11.3 Å². The molecular weight excluding hydrogens is 364 g/mol. The van der Waals surface area contributed by atoms with Gasteiger partial charge in [-0.3, -0.25) is 4.79 Å². The Hall–Kier alpha value is -3.87. The Morgan fingerprint density at radius 2 is 1.62 bits per heavy atom. The van der Waals surface area contributed by atoms with Crippen molar-refractivity contribution in [3.63, 3.8) is 0 Å². The van der Waals surface area contributed by atoms with Gasteiger partial charge in [-0.2, -0.15) is 5.26 Å². The second-order valence-electron chi connectivity index (χ2n) is 6.58. The first kappa shape index (κ1) is 19.9. The van der Waals surface area contributed by atoms with Gasteiger partial charge in [0.2, 0.25) is 5.75 Å². The number of benzene rings is 2. The van der Waals surface area contributed by atoms with E-state index in [0.29, 0.717) is 13.0 Å². The highest BCUT2D eigenvalue weighted by atomic mass is 16.3. The van der Waals surface area contributed by atoms with Crippen molar-refractivity contribution < 1.29 is 5.11 Å². The molecule has 1 aromatic heterocycles. The van der Waals surface area contributed by atoms with Gasteiger partial charge in [0.15, 0.2) is 0 Å². The highest BCUT2D eigenvalue weighted by Crippen LogP contribution is 2.26. The SMILES string of the molecule is N#CCC(Cc1ccc(C#Cc2ccc(CN)cc2)cc1)c1nc[nH]c(=O)c1O. The smallest absolute Gasteiger partial charge is 0.293 e. The molecule has 0 aliphatic rings. The quantitative estimate of drug-likeness (QED) is 0.585. The van der Waals surface area contributed by atoms with Crippen molar-refractivity contribution in [3.8, 4) is 23.7 Å². The number of hydrogen-bond donors (Lipinski definition) is 3. The number of nitrogens with one attached hydrogen (secondary N) is 1. The molecule has 1 heterocycles. The average Bonchev–Trinajstić information content (AvgIpc) is 2.75.